The molecule has 1 N–H and O–H groups in total. The average Bonchev–Trinajstić information content (AvgIpc) is 2.84. The van der Waals surface area contributed by atoms with Crippen LogP contribution in [0.2, 0.25) is 0 Å². The Balaban J connectivity index is 2.49. The van der Waals surface area contributed by atoms with E-state index in [-0.39, 0.29) is 11.6 Å². The summed E-state index contributed by atoms with van der Waals surface area (Å²) >= 11 is 0. The number of rotatable bonds is 2. The Bertz CT molecular complexity index is 365. The van der Waals surface area contributed by atoms with Crippen LogP contribution in [0.4, 0.5) is 4.79 Å². The largest absolute Gasteiger partial charge is 0.464 e. The van der Waals surface area contributed by atoms with Crippen molar-refractivity contribution in [3.63, 3.8) is 0 Å². The third kappa shape index (κ3) is 1.22. The van der Waals surface area contributed by atoms with Gasteiger partial charge in [-0.25, -0.2) is 14.3 Å². The van der Waals surface area contributed by atoms with Crippen molar-refractivity contribution in [3.8, 4) is 0 Å². The van der Waals surface area contributed by atoms with Gasteiger partial charge in [0.15, 0.2) is 6.29 Å². The van der Waals surface area contributed by atoms with Gasteiger partial charge in [-0.1, -0.05) is 0 Å². The van der Waals surface area contributed by atoms with E-state index in [4.69, 9.17) is 5.11 Å². The lowest BCUT2D eigenvalue weighted by Crippen LogP contribution is -2.14. The molecule has 0 atom stereocenters. The Morgan fingerprint density at radius 2 is 2.38 bits per heavy atom. The molecule has 1 saturated carbocycles. The molecule has 1 aromatic rings. The minimum absolute atomic E-state index is 0.106. The van der Waals surface area contributed by atoms with Gasteiger partial charge < -0.3 is 5.11 Å². The predicted octanol–water partition coefficient (Wildman–Crippen LogP) is 1.10. The van der Waals surface area contributed by atoms with Crippen molar-refractivity contribution in [2.45, 2.75) is 18.8 Å². The first-order valence-corrected chi connectivity index (χ1v) is 4.00. The highest BCUT2D eigenvalue weighted by Gasteiger charge is 2.31. The van der Waals surface area contributed by atoms with E-state index in [1.807, 2.05) is 0 Å². The fourth-order valence-electron chi connectivity index (χ4n) is 1.30. The van der Waals surface area contributed by atoms with Gasteiger partial charge in [-0.3, -0.25) is 4.79 Å². The minimum atomic E-state index is -1.14. The Hall–Kier alpha value is -1.65. The number of nitrogens with zero attached hydrogens (tertiary/aromatic N) is 2. The molecule has 0 radical (unpaired) electrons. The van der Waals surface area contributed by atoms with E-state index in [9.17, 15) is 9.59 Å². The number of carboxylic acid groups (broad SMARTS) is 1. The highest BCUT2D eigenvalue weighted by atomic mass is 16.4. The summed E-state index contributed by atoms with van der Waals surface area (Å²) in [6, 6.07) is 0. The maximum absolute atomic E-state index is 10.8. The number of aromatic nitrogens is 2. The lowest BCUT2D eigenvalue weighted by molar-refractivity contribution is 0.111. The zero-order valence-corrected chi connectivity index (χ0v) is 6.80. The van der Waals surface area contributed by atoms with Crippen LogP contribution in [-0.2, 0) is 0 Å². The SMILES string of the molecule is O=Cc1cnc(C2CC2)n1C(=O)O. The normalized spacial score (nSPS) is 15.7. The number of hydrogen-bond acceptors (Lipinski definition) is 3. The van der Waals surface area contributed by atoms with E-state index in [1.54, 1.807) is 0 Å². The fourth-order valence-corrected chi connectivity index (χ4v) is 1.30. The zero-order valence-electron chi connectivity index (χ0n) is 6.80. The maximum atomic E-state index is 10.8. The summed E-state index contributed by atoms with van der Waals surface area (Å²) in [5.74, 6) is 0.722. The molecule has 1 heterocycles. The van der Waals surface area contributed by atoms with Crippen LogP contribution in [0.1, 0.15) is 35.1 Å². The van der Waals surface area contributed by atoms with E-state index >= 15 is 0 Å². The van der Waals surface area contributed by atoms with Crippen LogP contribution in [0, 0.1) is 0 Å². The van der Waals surface area contributed by atoms with Crippen molar-refractivity contribution in [3.05, 3.63) is 17.7 Å². The van der Waals surface area contributed by atoms with Gasteiger partial charge in [0.05, 0.1) is 6.20 Å². The van der Waals surface area contributed by atoms with Crippen molar-refractivity contribution in [2.75, 3.05) is 0 Å². The topological polar surface area (TPSA) is 72.2 Å². The Morgan fingerprint density at radius 3 is 2.85 bits per heavy atom. The number of imidazole rings is 1. The zero-order chi connectivity index (χ0) is 9.42. The Morgan fingerprint density at radius 1 is 1.69 bits per heavy atom. The van der Waals surface area contributed by atoms with Crippen LogP contribution in [-0.4, -0.2) is 27.0 Å². The summed E-state index contributed by atoms with van der Waals surface area (Å²) in [6.07, 6.45) is 2.59. The highest BCUT2D eigenvalue weighted by molar-refractivity contribution is 5.81. The molecule has 0 saturated heterocycles. The van der Waals surface area contributed by atoms with Crippen LogP contribution < -0.4 is 0 Å². The third-order valence-corrected chi connectivity index (χ3v) is 2.07. The van der Waals surface area contributed by atoms with E-state index in [0.29, 0.717) is 12.1 Å². The first-order chi connectivity index (χ1) is 6.24. The van der Waals surface area contributed by atoms with Gasteiger partial charge in [-0.2, -0.15) is 0 Å². The number of aldehydes is 1. The molecule has 68 valence electrons. The summed E-state index contributed by atoms with van der Waals surface area (Å²) in [4.78, 5) is 25.1. The fraction of sp³-hybridized carbons (Fsp3) is 0.375. The van der Waals surface area contributed by atoms with Crippen molar-refractivity contribution < 1.29 is 14.7 Å². The Kier molecular flexibility index (Phi) is 1.65. The van der Waals surface area contributed by atoms with Gasteiger partial charge in [0.1, 0.15) is 11.5 Å². The second-order valence-electron chi connectivity index (χ2n) is 3.05. The summed E-state index contributed by atoms with van der Waals surface area (Å²) in [7, 11) is 0. The van der Waals surface area contributed by atoms with Gasteiger partial charge in [0, 0.05) is 5.92 Å². The first kappa shape index (κ1) is 7.97. The number of carbonyl (C=O) groups excluding carboxylic acids is 1. The molecule has 0 aliphatic heterocycles. The molecular formula is C8H8N2O3. The summed E-state index contributed by atoms with van der Waals surface area (Å²) in [5, 5.41) is 8.81. The van der Waals surface area contributed by atoms with Gasteiger partial charge in [-0.15, -0.1) is 0 Å². The molecule has 5 heteroatoms. The maximum Gasteiger partial charge on any atom is 0.417 e. The molecule has 5 nitrogen and oxygen atoms in total. The van der Waals surface area contributed by atoms with Crippen LogP contribution in [0.5, 0.6) is 0 Å². The lowest BCUT2D eigenvalue weighted by Gasteiger charge is -2.00. The first-order valence-electron chi connectivity index (χ1n) is 4.00. The molecule has 2 rings (SSSR count). The van der Waals surface area contributed by atoms with Crippen LogP contribution in [0.3, 0.4) is 0 Å². The van der Waals surface area contributed by atoms with Gasteiger partial charge >= 0.3 is 6.09 Å². The second kappa shape index (κ2) is 2.69. The Labute approximate surface area is 74.0 Å². The molecule has 0 unspecified atom stereocenters. The molecular weight excluding hydrogens is 172 g/mol. The van der Waals surface area contributed by atoms with Gasteiger partial charge in [-0.05, 0) is 12.8 Å². The van der Waals surface area contributed by atoms with Crippen LogP contribution >= 0.6 is 0 Å². The van der Waals surface area contributed by atoms with E-state index in [2.05, 4.69) is 4.98 Å². The molecule has 1 aromatic heterocycles. The number of hydrogen-bond donors (Lipinski definition) is 1. The predicted molar refractivity (Wildman–Crippen MR) is 43.0 cm³/mol. The quantitative estimate of drug-likeness (QED) is 0.691. The molecule has 1 aliphatic carbocycles. The molecule has 13 heavy (non-hydrogen) atoms. The summed E-state index contributed by atoms with van der Waals surface area (Å²) in [6.45, 7) is 0. The van der Waals surface area contributed by atoms with Gasteiger partial charge in [0.2, 0.25) is 0 Å². The smallest absolute Gasteiger partial charge is 0.417 e. The van der Waals surface area contributed by atoms with Crippen molar-refractivity contribution in [1.29, 1.82) is 0 Å². The molecule has 1 fully saturated rings. The summed E-state index contributed by atoms with van der Waals surface area (Å²) < 4.78 is 0.963. The highest BCUT2D eigenvalue weighted by Crippen LogP contribution is 2.39. The number of carbonyl (C=O) groups is 2. The van der Waals surface area contributed by atoms with E-state index in [0.717, 1.165) is 17.4 Å². The standard InChI is InChI=1S/C8H8N2O3/c11-4-6-3-9-7(5-1-2-5)10(6)8(12)13/h3-5H,1-2H2,(H,12,13). The van der Waals surface area contributed by atoms with E-state index in [1.165, 1.54) is 6.20 Å². The van der Waals surface area contributed by atoms with Crippen LogP contribution in [0.25, 0.3) is 0 Å². The average molecular weight is 180 g/mol. The van der Waals surface area contributed by atoms with Crippen molar-refractivity contribution >= 4 is 12.4 Å². The third-order valence-electron chi connectivity index (χ3n) is 2.07. The van der Waals surface area contributed by atoms with Crippen LogP contribution in [0.15, 0.2) is 6.20 Å². The molecule has 1 aliphatic rings. The van der Waals surface area contributed by atoms with Gasteiger partial charge in [0.25, 0.3) is 0 Å². The molecule has 0 amide bonds. The van der Waals surface area contributed by atoms with Crippen molar-refractivity contribution in [2.24, 2.45) is 0 Å². The monoisotopic (exact) mass is 180 g/mol. The molecule has 0 spiro atoms. The molecule has 0 aromatic carbocycles. The molecule has 0 bridgehead atoms. The lowest BCUT2D eigenvalue weighted by atomic mass is 10.4. The second-order valence-corrected chi connectivity index (χ2v) is 3.05. The summed E-state index contributed by atoms with van der Waals surface area (Å²) in [5.41, 5.74) is 0.106. The van der Waals surface area contributed by atoms with E-state index < -0.39 is 6.09 Å². The minimum Gasteiger partial charge on any atom is -0.464 e. The van der Waals surface area contributed by atoms with Crippen molar-refractivity contribution in [1.82, 2.24) is 9.55 Å².